The standard InChI is InChI=1S/C24H34N4O4.HI/c1-25-24(26-16-19-7-5-6-8-21(19)29-2)27-17-20(28-11-13-32-14-12-28)18-9-10-22(30-3)23(15-18)31-4;/h5-10,15,20H,11-14,16-17H2,1-4H3,(H2,25,26,27);1H. The molecule has 1 heterocycles. The zero-order chi connectivity index (χ0) is 22.8. The molecule has 8 nitrogen and oxygen atoms in total. The van der Waals surface area contributed by atoms with E-state index in [9.17, 15) is 0 Å². The summed E-state index contributed by atoms with van der Waals surface area (Å²) in [4.78, 5) is 6.82. The van der Waals surface area contributed by atoms with Crippen molar-refractivity contribution in [2.24, 2.45) is 4.99 Å². The molecule has 2 aromatic rings. The number of aliphatic imine (C=N–C) groups is 1. The van der Waals surface area contributed by atoms with Crippen LogP contribution in [0.25, 0.3) is 0 Å². The average Bonchev–Trinajstić information content (AvgIpc) is 2.86. The molecule has 1 atom stereocenters. The van der Waals surface area contributed by atoms with Crippen LogP contribution in [0.4, 0.5) is 0 Å². The maximum atomic E-state index is 5.57. The molecule has 3 rings (SSSR count). The number of hydrogen-bond donors (Lipinski definition) is 2. The smallest absolute Gasteiger partial charge is 0.191 e. The number of guanidine groups is 1. The highest BCUT2D eigenvalue weighted by molar-refractivity contribution is 14.0. The molecule has 0 spiro atoms. The first-order valence-corrected chi connectivity index (χ1v) is 10.8. The Bertz CT molecular complexity index is 891. The summed E-state index contributed by atoms with van der Waals surface area (Å²) in [6.45, 7) is 4.49. The van der Waals surface area contributed by atoms with Gasteiger partial charge < -0.3 is 29.6 Å². The Morgan fingerprint density at radius 3 is 2.33 bits per heavy atom. The van der Waals surface area contributed by atoms with E-state index in [2.05, 4.69) is 26.6 Å². The van der Waals surface area contributed by atoms with Gasteiger partial charge in [-0.15, -0.1) is 24.0 Å². The molecule has 0 aliphatic carbocycles. The second kappa shape index (κ2) is 14.1. The molecule has 2 N–H and O–H groups in total. The fraction of sp³-hybridized carbons (Fsp3) is 0.458. The molecule has 1 fully saturated rings. The maximum Gasteiger partial charge on any atom is 0.191 e. The van der Waals surface area contributed by atoms with Gasteiger partial charge in [0.2, 0.25) is 0 Å². The Labute approximate surface area is 213 Å². The van der Waals surface area contributed by atoms with Crippen molar-refractivity contribution >= 4 is 29.9 Å². The summed E-state index contributed by atoms with van der Waals surface area (Å²) in [5, 5.41) is 6.86. The van der Waals surface area contributed by atoms with E-state index in [1.165, 1.54) is 0 Å². The largest absolute Gasteiger partial charge is 0.496 e. The molecule has 1 saturated heterocycles. The van der Waals surface area contributed by atoms with Crippen molar-refractivity contribution in [2.75, 3.05) is 61.2 Å². The quantitative estimate of drug-likeness (QED) is 0.273. The van der Waals surface area contributed by atoms with Crippen LogP contribution in [0.5, 0.6) is 17.2 Å². The van der Waals surface area contributed by atoms with Crippen LogP contribution < -0.4 is 24.8 Å². The van der Waals surface area contributed by atoms with Crippen molar-refractivity contribution in [1.29, 1.82) is 0 Å². The number of nitrogens with one attached hydrogen (secondary N) is 2. The summed E-state index contributed by atoms with van der Waals surface area (Å²) >= 11 is 0. The zero-order valence-corrected chi connectivity index (χ0v) is 22.1. The van der Waals surface area contributed by atoms with Gasteiger partial charge >= 0.3 is 0 Å². The second-order valence-electron chi connectivity index (χ2n) is 7.40. The number of morpholine rings is 1. The molecule has 0 aromatic heterocycles. The lowest BCUT2D eigenvalue weighted by Crippen LogP contribution is -2.46. The number of nitrogens with zero attached hydrogens (tertiary/aromatic N) is 2. The lowest BCUT2D eigenvalue weighted by molar-refractivity contribution is 0.0169. The van der Waals surface area contributed by atoms with Gasteiger partial charge in [-0.25, -0.2) is 0 Å². The molecule has 0 bridgehead atoms. The summed E-state index contributed by atoms with van der Waals surface area (Å²) in [5.74, 6) is 3.03. The van der Waals surface area contributed by atoms with Gasteiger partial charge in [0, 0.05) is 38.8 Å². The minimum absolute atomic E-state index is 0. The summed E-state index contributed by atoms with van der Waals surface area (Å²) in [6.07, 6.45) is 0. The van der Waals surface area contributed by atoms with E-state index >= 15 is 0 Å². The summed E-state index contributed by atoms with van der Waals surface area (Å²) in [6, 6.07) is 14.2. The van der Waals surface area contributed by atoms with Crippen LogP contribution in [-0.2, 0) is 11.3 Å². The van der Waals surface area contributed by atoms with Gasteiger partial charge in [-0.05, 0) is 23.8 Å². The Morgan fingerprint density at radius 2 is 1.67 bits per heavy atom. The zero-order valence-electron chi connectivity index (χ0n) is 19.8. The first-order valence-electron chi connectivity index (χ1n) is 10.8. The van der Waals surface area contributed by atoms with E-state index in [1.807, 2.05) is 36.4 Å². The minimum Gasteiger partial charge on any atom is -0.496 e. The van der Waals surface area contributed by atoms with Gasteiger partial charge in [-0.2, -0.15) is 0 Å². The van der Waals surface area contributed by atoms with Gasteiger partial charge in [0.15, 0.2) is 17.5 Å². The van der Waals surface area contributed by atoms with Crippen LogP contribution in [0.15, 0.2) is 47.5 Å². The SMILES string of the molecule is CN=C(NCc1ccccc1OC)NCC(c1ccc(OC)c(OC)c1)N1CCOCC1.I. The fourth-order valence-corrected chi connectivity index (χ4v) is 3.85. The van der Waals surface area contributed by atoms with Gasteiger partial charge in [0.25, 0.3) is 0 Å². The summed E-state index contributed by atoms with van der Waals surface area (Å²) < 4.78 is 22.0. The molecule has 2 aromatic carbocycles. The molecule has 9 heteroatoms. The topological polar surface area (TPSA) is 76.6 Å². The highest BCUT2D eigenvalue weighted by Gasteiger charge is 2.24. The molecule has 33 heavy (non-hydrogen) atoms. The molecular formula is C24H35IN4O4. The number of para-hydroxylation sites is 1. The highest BCUT2D eigenvalue weighted by atomic mass is 127. The van der Waals surface area contributed by atoms with E-state index in [0.29, 0.717) is 13.1 Å². The fourth-order valence-electron chi connectivity index (χ4n) is 3.85. The number of methoxy groups -OCH3 is 3. The van der Waals surface area contributed by atoms with Crippen molar-refractivity contribution in [3.8, 4) is 17.2 Å². The highest BCUT2D eigenvalue weighted by Crippen LogP contribution is 2.32. The van der Waals surface area contributed by atoms with Gasteiger partial charge in [-0.1, -0.05) is 24.3 Å². The third-order valence-electron chi connectivity index (χ3n) is 5.60. The predicted octanol–water partition coefficient (Wildman–Crippen LogP) is 3.07. The Balaban J connectivity index is 0.00000385. The Morgan fingerprint density at radius 1 is 0.970 bits per heavy atom. The van der Waals surface area contributed by atoms with Crippen LogP contribution in [0.1, 0.15) is 17.2 Å². The van der Waals surface area contributed by atoms with E-state index in [1.54, 1.807) is 28.4 Å². The van der Waals surface area contributed by atoms with Crippen molar-refractivity contribution in [3.63, 3.8) is 0 Å². The Hall–Kier alpha value is -2.24. The van der Waals surface area contributed by atoms with E-state index in [4.69, 9.17) is 18.9 Å². The van der Waals surface area contributed by atoms with Crippen molar-refractivity contribution in [3.05, 3.63) is 53.6 Å². The van der Waals surface area contributed by atoms with Crippen LogP contribution in [0, 0.1) is 0 Å². The van der Waals surface area contributed by atoms with Crippen LogP contribution >= 0.6 is 24.0 Å². The number of rotatable bonds is 9. The Kier molecular flexibility index (Phi) is 11.6. The summed E-state index contributed by atoms with van der Waals surface area (Å²) in [5.41, 5.74) is 2.22. The first kappa shape index (κ1) is 27.0. The molecule has 1 aliphatic rings. The molecule has 0 amide bonds. The molecule has 182 valence electrons. The molecular weight excluding hydrogens is 535 g/mol. The molecule has 1 unspecified atom stereocenters. The maximum absolute atomic E-state index is 5.57. The predicted molar refractivity (Wildman–Crippen MR) is 141 cm³/mol. The lowest BCUT2D eigenvalue weighted by atomic mass is 10.0. The van der Waals surface area contributed by atoms with Crippen LogP contribution in [0.3, 0.4) is 0 Å². The lowest BCUT2D eigenvalue weighted by Gasteiger charge is -2.35. The molecule has 1 aliphatic heterocycles. The molecule has 0 saturated carbocycles. The van der Waals surface area contributed by atoms with Crippen molar-refractivity contribution in [1.82, 2.24) is 15.5 Å². The minimum atomic E-state index is 0. The monoisotopic (exact) mass is 570 g/mol. The van der Waals surface area contributed by atoms with Crippen molar-refractivity contribution in [2.45, 2.75) is 12.6 Å². The number of benzene rings is 2. The number of ether oxygens (including phenoxy) is 4. The van der Waals surface area contributed by atoms with Gasteiger partial charge in [0.1, 0.15) is 5.75 Å². The van der Waals surface area contributed by atoms with E-state index < -0.39 is 0 Å². The molecule has 0 radical (unpaired) electrons. The van der Waals surface area contributed by atoms with E-state index in [0.717, 1.165) is 60.6 Å². The second-order valence-corrected chi connectivity index (χ2v) is 7.40. The van der Waals surface area contributed by atoms with Crippen LogP contribution in [0.2, 0.25) is 0 Å². The summed E-state index contributed by atoms with van der Waals surface area (Å²) in [7, 11) is 6.77. The average molecular weight is 570 g/mol. The normalized spacial score (nSPS) is 15.2. The third-order valence-corrected chi connectivity index (χ3v) is 5.60. The van der Waals surface area contributed by atoms with Gasteiger partial charge in [-0.3, -0.25) is 9.89 Å². The number of halogens is 1. The third kappa shape index (κ3) is 7.38. The van der Waals surface area contributed by atoms with Gasteiger partial charge in [0.05, 0.1) is 40.6 Å². The number of hydrogen-bond acceptors (Lipinski definition) is 6. The van der Waals surface area contributed by atoms with Crippen molar-refractivity contribution < 1.29 is 18.9 Å². The van der Waals surface area contributed by atoms with Crippen LogP contribution in [-0.4, -0.2) is 72.1 Å². The first-order chi connectivity index (χ1) is 15.7. The van der Waals surface area contributed by atoms with E-state index in [-0.39, 0.29) is 30.0 Å².